The number of likely N-dealkylation sites (tertiary alicyclic amines) is 1. The fourth-order valence-corrected chi connectivity index (χ4v) is 3.50. The van der Waals surface area contributed by atoms with E-state index in [2.05, 4.69) is 20.9 Å². The normalized spacial score (nSPS) is 18.5. The van der Waals surface area contributed by atoms with Gasteiger partial charge in [-0.25, -0.2) is 9.78 Å². The van der Waals surface area contributed by atoms with Crippen LogP contribution in [0.4, 0.5) is 4.79 Å². The van der Waals surface area contributed by atoms with E-state index in [0.29, 0.717) is 24.8 Å². The molecule has 26 heavy (non-hydrogen) atoms. The van der Waals surface area contributed by atoms with Crippen molar-refractivity contribution in [1.29, 1.82) is 0 Å². The molecule has 1 aliphatic carbocycles. The second-order valence-electron chi connectivity index (χ2n) is 8.00. The van der Waals surface area contributed by atoms with Crippen molar-refractivity contribution in [3.05, 3.63) is 28.5 Å². The molecule has 7 heteroatoms. The highest BCUT2D eigenvalue weighted by Gasteiger charge is 2.40. The summed E-state index contributed by atoms with van der Waals surface area (Å²) in [5, 5.41) is 0. The van der Waals surface area contributed by atoms with Crippen molar-refractivity contribution >= 4 is 27.9 Å². The zero-order valence-corrected chi connectivity index (χ0v) is 17.2. The first kappa shape index (κ1) is 19.1. The molecule has 1 aromatic heterocycles. The average molecular weight is 424 g/mol. The third kappa shape index (κ3) is 4.75. The molecule has 1 aromatic rings. The Labute approximate surface area is 163 Å². The van der Waals surface area contributed by atoms with Crippen molar-refractivity contribution in [2.75, 3.05) is 13.1 Å². The Kier molecular flexibility index (Phi) is 5.55. The zero-order chi connectivity index (χ0) is 18.9. The fourth-order valence-electron chi connectivity index (χ4n) is 3.27. The van der Waals surface area contributed by atoms with Gasteiger partial charge in [-0.15, -0.1) is 0 Å². The largest absolute Gasteiger partial charge is 0.444 e. The lowest BCUT2D eigenvalue weighted by molar-refractivity contribution is 0.0141. The Morgan fingerprint density at radius 1 is 1.15 bits per heavy atom. The first-order valence-corrected chi connectivity index (χ1v) is 9.96. The second-order valence-corrected chi connectivity index (χ2v) is 8.92. The monoisotopic (exact) mass is 423 g/mol. The molecule has 1 aliphatic heterocycles. The Hall–Kier alpha value is -1.63. The quantitative estimate of drug-likeness (QED) is 0.740. The number of carbonyl (C=O) groups is 2. The topological polar surface area (TPSA) is 62.7 Å². The summed E-state index contributed by atoms with van der Waals surface area (Å²) in [6, 6.07) is 4.07. The van der Waals surface area contributed by atoms with Gasteiger partial charge in [-0.1, -0.05) is 0 Å². The van der Waals surface area contributed by atoms with Gasteiger partial charge in [0.2, 0.25) is 0 Å². The van der Waals surface area contributed by atoms with E-state index in [1.165, 1.54) is 0 Å². The number of piperidine rings is 1. The lowest BCUT2D eigenvalue weighted by Crippen LogP contribution is -2.50. The van der Waals surface area contributed by atoms with Gasteiger partial charge in [0.25, 0.3) is 5.91 Å². The van der Waals surface area contributed by atoms with Crippen LogP contribution in [0.5, 0.6) is 0 Å². The maximum atomic E-state index is 13.0. The van der Waals surface area contributed by atoms with E-state index in [9.17, 15) is 9.59 Å². The highest BCUT2D eigenvalue weighted by Crippen LogP contribution is 2.33. The number of amides is 2. The molecule has 0 aromatic carbocycles. The van der Waals surface area contributed by atoms with E-state index in [-0.39, 0.29) is 18.0 Å². The van der Waals surface area contributed by atoms with Crippen molar-refractivity contribution in [2.45, 2.75) is 64.1 Å². The van der Waals surface area contributed by atoms with Crippen molar-refractivity contribution < 1.29 is 14.3 Å². The molecular weight excluding hydrogens is 398 g/mol. The summed E-state index contributed by atoms with van der Waals surface area (Å²) >= 11 is 3.35. The van der Waals surface area contributed by atoms with Gasteiger partial charge in [0, 0.05) is 35.8 Å². The number of aromatic nitrogens is 1. The first-order valence-electron chi connectivity index (χ1n) is 9.17. The van der Waals surface area contributed by atoms with E-state index >= 15 is 0 Å². The molecular formula is C19H26BrN3O3. The van der Waals surface area contributed by atoms with Gasteiger partial charge in [-0.05, 0) is 74.5 Å². The van der Waals surface area contributed by atoms with Crippen LogP contribution in [-0.2, 0) is 4.74 Å². The summed E-state index contributed by atoms with van der Waals surface area (Å²) in [6.07, 6.45) is 5.04. The Morgan fingerprint density at radius 2 is 1.77 bits per heavy atom. The first-order chi connectivity index (χ1) is 12.2. The summed E-state index contributed by atoms with van der Waals surface area (Å²) in [5.41, 5.74) is -0.00771. The summed E-state index contributed by atoms with van der Waals surface area (Å²) in [4.78, 5) is 33.2. The van der Waals surface area contributed by atoms with Crippen molar-refractivity contribution in [1.82, 2.24) is 14.8 Å². The van der Waals surface area contributed by atoms with E-state index < -0.39 is 5.60 Å². The number of halogens is 1. The summed E-state index contributed by atoms with van der Waals surface area (Å²) in [6.45, 7) is 6.84. The maximum absolute atomic E-state index is 13.0. The van der Waals surface area contributed by atoms with Crippen molar-refractivity contribution in [2.24, 2.45) is 0 Å². The molecule has 1 saturated heterocycles. The molecule has 2 amide bonds. The number of carbonyl (C=O) groups excluding carboxylic acids is 2. The molecule has 6 nitrogen and oxygen atoms in total. The molecule has 2 fully saturated rings. The van der Waals surface area contributed by atoms with Crippen LogP contribution in [0, 0.1) is 0 Å². The van der Waals surface area contributed by atoms with Crippen LogP contribution in [0.15, 0.2) is 22.8 Å². The molecule has 142 valence electrons. The molecule has 0 bridgehead atoms. The lowest BCUT2D eigenvalue weighted by Gasteiger charge is -2.39. The predicted octanol–water partition coefficient (Wildman–Crippen LogP) is 3.85. The van der Waals surface area contributed by atoms with E-state index in [1.807, 2.05) is 31.7 Å². The highest BCUT2D eigenvalue weighted by molar-refractivity contribution is 9.10. The van der Waals surface area contributed by atoms with Gasteiger partial charge < -0.3 is 14.5 Å². The van der Waals surface area contributed by atoms with E-state index in [0.717, 1.165) is 30.2 Å². The molecule has 3 rings (SSSR count). The van der Waals surface area contributed by atoms with Crippen molar-refractivity contribution in [3.8, 4) is 0 Å². The molecule has 0 unspecified atom stereocenters. The van der Waals surface area contributed by atoms with Gasteiger partial charge in [-0.3, -0.25) is 4.79 Å². The van der Waals surface area contributed by atoms with Crippen molar-refractivity contribution in [3.63, 3.8) is 0 Å². The highest BCUT2D eigenvalue weighted by atomic mass is 79.9. The number of hydrogen-bond acceptors (Lipinski definition) is 4. The average Bonchev–Trinajstić information content (AvgIpc) is 3.39. The maximum Gasteiger partial charge on any atom is 0.410 e. The number of hydrogen-bond donors (Lipinski definition) is 0. The third-order valence-corrected chi connectivity index (χ3v) is 5.10. The van der Waals surface area contributed by atoms with Crippen LogP contribution in [0.1, 0.15) is 56.9 Å². The standard InChI is InChI=1S/C19H26BrN3O3/c1-19(2,3)26-18(25)22-10-8-15(9-11-22)23(14-5-6-14)17(24)16-7-4-13(20)12-21-16/h4,7,12,14-15H,5-6,8-11H2,1-3H3. The Morgan fingerprint density at radius 3 is 2.27 bits per heavy atom. The van der Waals surface area contributed by atoms with Crippen LogP contribution in [0.2, 0.25) is 0 Å². The van der Waals surface area contributed by atoms with Crippen LogP contribution < -0.4 is 0 Å². The minimum Gasteiger partial charge on any atom is -0.444 e. The minimum absolute atomic E-state index is 0.00396. The SMILES string of the molecule is CC(C)(C)OC(=O)N1CCC(N(C(=O)c2ccc(Br)cn2)C2CC2)CC1. The molecule has 0 radical (unpaired) electrons. The van der Waals surface area contributed by atoms with Gasteiger partial charge in [0.1, 0.15) is 11.3 Å². The van der Waals surface area contributed by atoms with Crippen LogP contribution in [0.25, 0.3) is 0 Å². The molecule has 1 saturated carbocycles. The van der Waals surface area contributed by atoms with Crippen LogP contribution in [0.3, 0.4) is 0 Å². The summed E-state index contributed by atoms with van der Waals surface area (Å²) < 4.78 is 6.31. The third-order valence-electron chi connectivity index (χ3n) is 4.63. The second kappa shape index (κ2) is 7.55. The van der Waals surface area contributed by atoms with Crippen LogP contribution >= 0.6 is 15.9 Å². The Bertz CT molecular complexity index is 660. The number of ether oxygens (including phenoxy) is 1. The zero-order valence-electron chi connectivity index (χ0n) is 15.6. The lowest BCUT2D eigenvalue weighted by atomic mass is 10.0. The molecule has 0 spiro atoms. The van der Waals surface area contributed by atoms with Crippen LogP contribution in [-0.4, -0.2) is 57.6 Å². The Balaban J connectivity index is 1.63. The van der Waals surface area contributed by atoms with Gasteiger partial charge in [0.15, 0.2) is 0 Å². The van der Waals surface area contributed by atoms with E-state index in [1.54, 1.807) is 17.2 Å². The smallest absolute Gasteiger partial charge is 0.410 e. The van der Waals surface area contributed by atoms with E-state index in [4.69, 9.17) is 4.74 Å². The van der Waals surface area contributed by atoms with Gasteiger partial charge >= 0.3 is 6.09 Å². The van der Waals surface area contributed by atoms with Gasteiger partial charge in [0.05, 0.1) is 0 Å². The number of pyridine rings is 1. The molecule has 0 atom stereocenters. The summed E-state index contributed by atoms with van der Waals surface area (Å²) in [7, 11) is 0. The molecule has 2 heterocycles. The number of nitrogens with zero attached hydrogens (tertiary/aromatic N) is 3. The minimum atomic E-state index is -0.489. The van der Waals surface area contributed by atoms with Gasteiger partial charge in [-0.2, -0.15) is 0 Å². The number of rotatable bonds is 3. The molecule has 2 aliphatic rings. The summed E-state index contributed by atoms with van der Waals surface area (Å²) in [5.74, 6) is -0.00396. The predicted molar refractivity (Wildman–Crippen MR) is 102 cm³/mol. The molecule has 0 N–H and O–H groups in total. The fraction of sp³-hybridized carbons (Fsp3) is 0.632.